The molecule has 1 aliphatic rings. The summed E-state index contributed by atoms with van der Waals surface area (Å²) in [5.41, 5.74) is 1.98. The molecule has 5 atom stereocenters. The lowest BCUT2D eigenvalue weighted by molar-refractivity contribution is -0.281. The largest absolute Gasteiger partial charge is 0.471 e. The zero-order chi connectivity index (χ0) is 21.7. The van der Waals surface area contributed by atoms with E-state index in [4.69, 9.17) is 24.0 Å². The highest BCUT2D eigenvalue weighted by atomic mass is 31.2. The van der Waals surface area contributed by atoms with E-state index in [1.807, 2.05) is 42.5 Å². The Bertz CT molecular complexity index is 840. The molecule has 1 saturated heterocycles. The summed E-state index contributed by atoms with van der Waals surface area (Å²) in [7, 11) is -4.70. The van der Waals surface area contributed by atoms with E-state index in [0.717, 1.165) is 11.1 Å². The molecule has 1 aliphatic heterocycles. The standard InChI is InChI=1S/C19H23O10P/c20-16-15(10-26-11-27-30(23,24)25)29-19(18(22)17(16)21)28-14-8-6-13(7-9-14)12-4-2-1-3-5-12/h1-9,15-22H,10-11H2,(H2,23,24,25)/t15-,16-,17+,18+,19+/m1/s1. The van der Waals surface area contributed by atoms with Gasteiger partial charge < -0.3 is 39.3 Å². The van der Waals surface area contributed by atoms with E-state index in [-0.39, 0.29) is 6.61 Å². The molecular formula is C19H23O10P. The normalized spacial score (nSPS) is 27.0. The maximum absolute atomic E-state index is 10.6. The summed E-state index contributed by atoms with van der Waals surface area (Å²) in [6, 6.07) is 16.7. The molecule has 5 N–H and O–H groups in total. The van der Waals surface area contributed by atoms with Crippen LogP contribution in [0.2, 0.25) is 0 Å². The van der Waals surface area contributed by atoms with Crippen LogP contribution in [0.5, 0.6) is 5.75 Å². The van der Waals surface area contributed by atoms with Gasteiger partial charge in [-0.15, -0.1) is 0 Å². The second-order valence-corrected chi connectivity index (χ2v) is 7.87. The minimum atomic E-state index is -4.70. The van der Waals surface area contributed by atoms with Crippen molar-refractivity contribution in [3.05, 3.63) is 54.6 Å². The zero-order valence-electron chi connectivity index (χ0n) is 15.7. The minimum Gasteiger partial charge on any atom is -0.462 e. The molecule has 1 fully saturated rings. The predicted molar refractivity (Wildman–Crippen MR) is 103 cm³/mol. The SMILES string of the molecule is O=P(O)(O)OCOC[C@H]1O[C@H](Oc2ccc(-c3ccccc3)cc2)[C@@H](O)[C@@H](O)[C@@H]1O. The van der Waals surface area contributed by atoms with E-state index in [9.17, 15) is 19.9 Å². The lowest BCUT2D eigenvalue weighted by Gasteiger charge is -2.40. The predicted octanol–water partition coefficient (Wildman–Crippen LogP) is 0.623. The monoisotopic (exact) mass is 442 g/mol. The quantitative estimate of drug-likeness (QED) is 0.223. The first-order valence-corrected chi connectivity index (χ1v) is 10.6. The highest BCUT2D eigenvalue weighted by molar-refractivity contribution is 7.46. The molecule has 30 heavy (non-hydrogen) atoms. The van der Waals surface area contributed by atoms with E-state index >= 15 is 0 Å². The molecule has 2 aromatic carbocycles. The van der Waals surface area contributed by atoms with Crippen LogP contribution >= 0.6 is 7.82 Å². The van der Waals surface area contributed by atoms with Gasteiger partial charge in [0, 0.05) is 0 Å². The van der Waals surface area contributed by atoms with Crippen molar-refractivity contribution in [2.45, 2.75) is 30.7 Å². The van der Waals surface area contributed by atoms with Crippen molar-refractivity contribution >= 4 is 7.82 Å². The summed E-state index contributed by atoms with van der Waals surface area (Å²) in [5.74, 6) is 0.367. The first kappa shape index (κ1) is 22.8. The van der Waals surface area contributed by atoms with Gasteiger partial charge in [-0.3, -0.25) is 4.52 Å². The van der Waals surface area contributed by atoms with Crippen molar-refractivity contribution in [3.63, 3.8) is 0 Å². The fourth-order valence-electron chi connectivity index (χ4n) is 2.91. The summed E-state index contributed by atoms with van der Waals surface area (Å²) in [4.78, 5) is 17.2. The molecule has 2 aromatic rings. The van der Waals surface area contributed by atoms with Gasteiger partial charge in [0.15, 0.2) is 6.79 Å². The van der Waals surface area contributed by atoms with Crippen LogP contribution < -0.4 is 4.74 Å². The van der Waals surface area contributed by atoms with Gasteiger partial charge in [0.1, 0.15) is 30.2 Å². The molecule has 3 rings (SSSR count). The smallest absolute Gasteiger partial charge is 0.462 e. The summed E-state index contributed by atoms with van der Waals surface area (Å²) in [6.07, 6.45) is -7.05. The van der Waals surface area contributed by atoms with Gasteiger partial charge in [0.25, 0.3) is 0 Å². The molecule has 0 radical (unpaired) electrons. The fourth-order valence-corrected chi connectivity index (χ4v) is 3.12. The van der Waals surface area contributed by atoms with Gasteiger partial charge in [-0.1, -0.05) is 42.5 Å². The third-order valence-electron chi connectivity index (χ3n) is 4.47. The van der Waals surface area contributed by atoms with Gasteiger partial charge in [0.05, 0.1) is 6.61 Å². The summed E-state index contributed by atoms with van der Waals surface area (Å²) >= 11 is 0. The molecule has 10 nitrogen and oxygen atoms in total. The summed E-state index contributed by atoms with van der Waals surface area (Å²) in [6.45, 7) is -1.11. The first-order valence-electron chi connectivity index (χ1n) is 9.04. The number of aliphatic hydroxyl groups excluding tert-OH is 3. The number of rotatable bonds is 8. The Balaban J connectivity index is 1.60. The molecular weight excluding hydrogens is 419 g/mol. The van der Waals surface area contributed by atoms with Crippen LogP contribution in [-0.4, -0.2) is 69.2 Å². The van der Waals surface area contributed by atoms with Gasteiger partial charge in [-0.05, 0) is 23.3 Å². The molecule has 0 aliphatic carbocycles. The Kier molecular flexibility index (Phi) is 7.59. The Morgan fingerprint density at radius 3 is 2.13 bits per heavy atom. The Morgan fingerprint density at radius 2 is 1.50 bits per heavy atom. The molecule has 0 aromatic heterocycles. The van der Waals surface area contributed by atoms with Crippen LogP contribution in [0.15, 0.2) is 54.6 Å². The molecule has 11 heteroatoms. The molecule has 0 unspecified atom stereocenters. The third kappa shape index (κ3) is 6.08. The van der Waals surface area contributed by atoms with Gasteiger partial charge in [-0.25, -0.2) is 4.57 Å². The van der Waals surface area contributed by atoms with E-state index in [1.54, 1.807) is 12.1 Å². The number of phosphoric ester groups is 1. The second kappa shape index (κ2) is 9.97. The van der Waals surface area contributed by atoms with Gasteiger partial charge in [0.2, 0.25) is 6.29 Å². The Hall–Kier alpha value is -1.85. The third-order valence-corrected chi connectivity index (χ3v) is 4.91. The summed E-state index contributed by atoms with van der Waals surface area (Å²) in [5, 5.41) is 30.3. The van der Waals surface area contributed by atoms with Crippen LogP contribution in [0.1, 0.15) is 0 Å². The van der Waals surface area contributed by atoms with Crippen LogP contribution in [0.4, 0.5) is 0 Å². The van der Waals surface area contributed by atoms with E-state index in [0.29, 0.717) is 5.75 Å². The average molecular weight is 442 g/mol. The highest BCUT2D eigenvalue weighted by Gasteiger charge is 2.45. The fraction of sp³-hybridized carbons (Fsp3) is 0.368. The molecule has 164 valence electrons. The lowest BCUT2D eigenvalue weighted by Crippen LogP contribution is -2.60. The van der Waals surface area contributed by atoms with Crippen molar-refractivity contribution in [2.24, 2.45) is 0 Å². The number of hydrogen-bond donors (Lipinski definition) is 5. The van der Waals surface area contributed by atoms with Crippen molar-refractivity contribution in [1.82, 2.24) is 0 Å². The lowest BCUT2D eigenvalue weighted by atomic mass is 9.99. The van der Waals surface area contributed by atoms with Crippen molar-refractivity contribution in [2.75, 3.05) is 13.4 Å². The maximum Gasteiger partial charge on any atom is 0.471 e. The number of aliphatic hydroxyl groups is 3. The first-order chi connectivity index (χ1) is 14.2. The minimum absolute atomic E-state index is 0.363. The molecule has 0 spiro atoms. The number of phosphoric acid groups is 1. The molecule has 1 heterocycles. The maximum atomic E-state index is 10.6. The number of ether oxygens (including phenoxy) is 3. The zero-order valence-corrected chi connectivity index (χ0v) is 16.6. The topological polar surface area (TPSA) is 155 Å². The molecule has 0 saturated carbocycles. The van der Waals surface area contributed by atoms with Crippen molar-refractivity contribution in [3.8, 4) is 16.9 Å². The van der Waals surface area contributed by atoms with Crippen LogP contribution in [-0.2, 0) is 18.6 Å². The van der Waals surface area contributed by atoms with E-state index in [1.165, 1.54) is 0 Å². The van der Waals surface area contributed by atoms with Crippen LogP contribution in [0, 0.1) is 0 Å². The number of benzene rings is 2. The highest BCUT2D eigenvalue weighted by Crippen LogP contribution is 2.35. The summed E-state index contributed by atoms with van der Waals surface area (Å²) < 4.78 is 30.8. The average Bonchev–Trinajstić information content (AvgIpc) is 2.73. The molecule has 0 amide bonds. The van der Waals surface area contributed by atoms with Crippen LogP contribution in [0.3, 0.4) is 0 Å². The van der Waals surface area contributed by atoms with Gasteiger partial charge >= 0.3 is 7.82 Å². The van der Waals surface area contributed by atoms with Gasteiger partial charge in [-0.2, -0.15) is 0 Å². The van der Waals surface area contributed by atoms with E-state index < -0.39 is 45.3 Å². The van der Waals surface area contributed by atoms with Crippen molar-refractivity contribution < 1.29 is 48.4 Å². The Labute approximate surface area is 172 Å². The van der Waals surface area contributed by atoms with Crippen molar-refractivity contribution in [1.29, 1.82) is 0 Å². The Morgan fingerprint density at radius 1 is 0.867 bits per heavy atom. The van der Waals surface area contributed by atoms with Crippen LogP contribution in [0.25, 0.3) is 11.1 Å². The van der Waals surface area contributed by atoms with E-state index in [2.05, 4.69) is 4.52 Å². The molecule has 0 bridgehead atoms. The number of hydrogen-bond acceptors (Lipinski definition) is 8. The second-order valence-electron chi connectivity index (χ2n) is 6.63.